The molecule has 2 aromatic rings. The number of hydrogen-bond donors (Lipinski definition) is 0. The van der Waals surface area contributed by atoms with E-state index in [4.69, 9.17) is 0 Å². The number of fused-ring (bicyclic) bond motifs is 3. The number of halogens is 2. The Bertz CT molecular complexity index is 969. The van der Waals surface area contributed by atoms with Crippen LogP contribution < -0.4 is 24.8 Å². The maximum Gasteiger partial charge on any atom is -0.109 e. The van der Waals surface area contributed by atoms with Crippen LogP contribution >= 0.6 is 0 Å². The van der Waals surface area contributed by atoms with Crippen molar-refractivity contribution in [1.82, 2.24) is 0 Å². The van der Waals surface area contributed by atoms with Crippen LogP contribution in [0.3, 0.4) is 0 Å². The molecule has 0 amide bonds. The molecule has 0 radical (unpaired) electrons. The van der Waals surface area contributed by atoms with E-state index in [-0.39, 0.29) is 41.1 Å². The topological polar surface area (TPSA) is 0 Å². The van der Waals surface area contributed by atoms with Gasteiger partial charge in [0.1, 0.15) is 0 Å². The van der Waals surface area contributed by atoms with Gasteiger partial charge in [0.15, 0.2) is 0 Å². The van der Waals surface area contributed by atoms with Crippen molar-refractivity contribution in [2.24, 2.45) is 0 Å². The van der Waals surface area contributed by atoms with Gasteiger partial charge in [0.25, 0.3) is 0 Å². The number of allylic oxidation sites excluding steroid dienone is 4. The van der Waals surface area contributed by atoms with Crippen molar-refractivity contribution in [2.75, 3.05) is 0 Å². The van der Waals surface area contributed by atoms with Crippen LogP contribution in [0.15, 0.2) is 48.6 Å². The summed E-state index contributed by atoms with van der Waals surface area (Å²) in [5, 5.41) is 0. The molecule has 0 fully saturated rings. The Morgan fingerprint density at radius 3 is 1.78 bits per heavy atom. The summed E-state index contributed by atoms with van der Waals surface area (Å²) in [5.74, 6) is 0. The van der Waals surface area contributed by atoms with Gasteiger partial charge in [-0.3, -0.25) is 6.08 Å². The zero-order valence-corrected chi connectivity index (χ0v) is 28.9. The van der Waals surface area contributed by atoms with E-state index in [1.54, 1.807) is 23.3 Å². The van der Waals surface area contributed by atoms with Gasteiger partial charge in [-0.05, 0) is 17.4 Å². The predicted molar refractivity (Wildman–Crippen MR) is 148 cm³/mol. The molecular weight excluding hydrogens is 575 g/mol. The van der Waals surface area contributed by atoms with Gasteiger partial charge in [0, 0.05) is 0 Å². The fourth-order valence-electron chi connectivity index (χ4n) is 3.99. The Hall–Kier alpha value is -0.400. The van der Waals surface area contributed by atoms with Gasteiger partial charge < -0.3 is 24.8 Å². The third-order valence-electron chi connectivity index (χ3n) is 6.36. The molecule has 0 nitrogen and oxygen atoms in total. The van der Waals surface area contributed by atoms with Crippen LogP contribution in [0.25, 0.3) is 11.1 Å². The van der Waals surface area contributed by atoms with Crippen molar-refractivity contribution in [3.63, 3.8) is 0 Å². The van der Waals surface area contributed by atoms with Crippen LogP contribution in [0.4, 0.5) is 0 Å². The smallest absolute Gasteiger partial charge is 0.109 e. The molecule has 4 heteroatoms. The van der Waals surface area contributed by atoms with Gasteiger partial charge in [0.05, 0.1) is 0 Å². The molecule has 0 aromatic heterocycles. The van der Waals surface area contributed by atoms with Crippen molar-refractivity contribution < 1.29 is 48.1 Å². The monoisotopic (exact) mass is 616 g/mol. The van der Waals surface area contributed by atoms with Crippen LogP contribution in [0, 0.1) is 12.1 Å². The van der Waals surface area contributed by atoms with Crippen molar-refractivity contribution in [3.8, 4) is 11.1 Å². The first-order chi connectivity index (χ1) is 15.7. The SMILES string of the molecule is CC(C)(C)c1c[c-]c2c(c1)-c1cc(C(C)(C)C)ccc1C2.CC(C)[Si](=[Zr+2])C(C)C.[C-]1=CC=CC1.[Cl-].[Cl-]. The summed E-state index contributed by atoms with van der Waals surface area (Å²) >= 11 is 1.80. The molecule has 2 aliphatic carbocycles. The summed E-state index contributed by atoms with van der Waals surface area (Å²) in [4.78, 5) is 0. The summed E-state index contributed by atoms with van der Waals surface area (Å²) in [5.41, 5.74) is 10.8. The summed E-state index contributed by atoms with van der Waals surface area (Å²) in [6, 6.07) is 15.1. The molecule has 36 heavy (non-hydrogen) atoms. The standard InChI is InChI=1S/C21H25.C6H14Si.C5H5.2ClH.Zr/c1-20(2,3)16-9-7-14-11-15-8-10-17(21(4,5)6)13-19(15)18(14)12-16;1-5(2)7-6(3)4;1-2-4-5-3-1;;;/h7,9-10,12-13H,11H2,1-6H3;5-6H,1-4H3;1-3H,4H2;2*1H;/q-1;;-1;;;+2/p-2. The zero-order valence-electron chi connectivity index (χ0n) is 23.9. The van der Waals surface area contributed by atoms with E-state index in [1.807, 2.05) is 12.2 Å². The quantitative estimate of drug-likeness (QED) is 0.306. The molecule has 0 heterocycles. The van der Waals surface area contributed by atoms with Crippen molar-refractivity contribution in [1.29, 1.82) is 0 Å². The number of hydrogen-bond acceptors (Lipinski definition) is 0. The first kappa shape index (κ1) is 35.6. The minimum Gasteiger partial charge on any atom is -1.00 e. The molecule has 0 saturated carbocycles. The molecule has 0 bridgehead atoms. The fourth-order valence-corrected chi connectivity index (χ4v) is 5.32. The van der Waals surface area contributed by atoms with Gasteiger partial charge in [-0.1, -0.05) is 76.3 Å². The van der Waals surface area contributed by atoms with Crippen LogP contribution in [0.2, 0.25) is 11.1 Å². The van der Waals surface area contributed by atoms with Crippen LogP contribution in [0.5, 0.6) is 0 Å². The maximum absolute atomic E-state index is 3.53. The molecule has 4 rings (SSSR count). The number of benzene rings is 2. The fraction of sp³-hybridized carbons (Fsp3) is 0.500. The van der Waals surface area contributed by atoms with Gasteiger partial charge in [-0.25, -0.2) is 12.2 Å². The molecule has 0 spiro atoms. The Balaban J connectivity index is 0.000000681. The summed E-state index contributed by atoms with van der Waals surface area (Å²) in [6.07, 6.45) is 11.0. The van der Waals surface area contributed by atoms with Gasteiger partial charge in [-0.15, -0.1) is 12.0 Å². The minimum absolute atomic E-state index is 0. The molecule has 0 atom stereocenters. The second-order valence-corrected chi connectivity index (χ2v) is 19.6. The zero-order chi connectivity index (χ0) is 25.7. The maximum atomic E-state index is 3.53. The molecule has 2 aromatic carbocycles. The van der Waals surface area contributed by atoms with E-state index in [2.05, 4.69) is 118 Å². The van der Waals surface area contributed by atoms with Gasteiger partial charge in [0.2, 0.25) is 0 Å². The predicted octanol–water partition coefficient (Wildman–Crippen LogP) is 3.31. The van der Waals surface area contributed by atoms with Crippen LogP contribution in [0.1, 0.15) is 97.9 Å². The Morgan fingerprint density at radius 2 is 1.39 bits per heavy atom. The third-order valence-corrected chi connectivity index (χ3v) is 17.4. The summed E-state index contributed by atoms with van der Waals surface area (Å²) < 4.78 is 0. The average Bonchev–Trinajstić information content (AvgIpc) is 3.42. The van der Waals surface area contributed by atoms with Crippen molar-refractivity contribution in [2.45, 2.75) is 104 Å². The Labute approximate surface area is 250 Å². The van der Waals surface area contributed by atoms with Crippen molar-refractivity contribution in [3.05, 3.63) is 83.0 Å². The summed E-state index contributed by atoms with van der Waals surface area (Å²) in [6.45, 7) is 23.0. The van der Waals surface area contributed by atoms with E-state index >= 15 is 0 Å². The second kappa shape index (κ2) is 15.3. The summed E-state index contributed by atoms with van der Waals surface area (Å²) in [7, 11) is 0. The van der Waals surface area contributed by atoms with Crippen molar-refractivity contribution >= 4 is 5.43 Å². The van der Waals surface area contributed by atoms with Crippen LogP contribution in [-0.2, 0) is 40.6 Å². The molecule has 196 valence electrons. The minimum atomic E-state index is 0. The third kappa shape index (κ3) is 10.4. The van der Waals surface area contributed by atoms with E-state index in [9.17, 15) is 0 Å². The average molecular weight is 619 g/mol. The van der Waals surface area contributed by atoms with Gasteiger partial charge >= 0.3 is 67.5 Å². The second-order valence-electron chi connectivity index (χ2n) is 12.1. The molecule has 0 saturated heterocycles. The first-order valence-corrected chi connectivity index (χ1v) is 18.0. The molecular formula is C32H44Cl2SiZr-2. The Morgan fingerprint density at radius 1 is 0.833 bits per heavy atom. The largest absolute Gasteiger partial charge is 1.00 e. The van der Waals surface area contributed by atoms with E-state index < -0.39 is 0 Å². The van der Waals surface area contributed by atoms with Gasteiger partial charge in [-0.2, -0.15) is 35.4 Å². The molecule has 2 aliphatic rings. The number of rotatable bonds is 2. The first-order valence-electron chi connectivity index (χ1n) is 12.7. The Kier molecular flexibility index (Phi) is 15.1. The van der Waals surface area contributed by atoms with E-state index in [1.165, 1.54) is 33.4 Å². The molecule has 0 N–H and O–H groups in total. The van der Waals surface area contributed by atoms with E-state index in [0.29, 0.717) is 0 Å². The van der Waals surface area contributed by atoms with Crippen LogP contribution in [-0.4, -0.2) is 5.43 Å². The molecule has 0 unspecified atom stereocenters. The normalized spacial score (nSPS) is 13.1. The van der Waals surface area contributed by atoms with E-state index in [0.717, 1.165) is 23.9 Å². The molecule has 0 aliphatic heterocycles.